The second kappa shape index (κ2) is 15.7. The van der Waals surface area contributed by atoms with E-state index in [4.69, 9.17) is 14.2 Å². The van der Waals surface area contributed by atoms with E-state index in [0.29, 0.717) is 45.1 Å². The lowest BCUT2D eigenvalue weighted by molar-refractivity contribution is -0.149. The number of hydrogen-bond donors (Lipinski definition) is 2. The maximum Gasteiger partial charge on any atom is 0.333 e. The van der Waals surface area contributed by atoms with Gasteiger partial charge < -0.3 is 29.5 Å². The van der Waals surface area contributed by atoms with Gasteiger partial charge in [-0.3, -0.25) is 0 Å². The molecule has 192 valence electrons. The summed E-state index contributed by atoms with van der Waals surface area (Å²) in [5.74, 6) is -0.906. The van der Waals surface area contributed by atoms with E-state index in [9.17, 15) is 19.1 Å². The van der Waals surface area contributed by atoms with Crippen LogP contribution in [0, 0.1) is 5.82 Å². The minimum absolute atomic E-state index is 0.118. The van der Waals surface area contributed by atoms with Crippen molar-refractivity contribution in [2.24, 2.45) is 0 Å². The number of carbonyl (C=O) groups is 2. The lowest BCUT2D eigenvalue weighted by Crippen LogP contribution is -2.39. The first-order chi connectivity index (χ1) is 16.9. The molecule has 0 saturated carbocycles. The number of anilines is 1. The first kappa shape index (κ1) is 28.1. The highest BCUT2D eigenvalue weighted by atomic mass is 19.1. The van der Waals surface area contributed by atoms with E-state index in [2.05, 4.69) is 5.32 Å². The van der Waals surface area contributed by atoms with Crippen molar-refractivity contribution < 1.29 is 33.3 Å². The van der Waals surface area contributed by atoms with Crippen molar-refractivity contribution in [2.75, 3.05) is 44.8 Å². The fourth-order valence-electron chi connectivity index (χ4n) is 3.30. The maximum atomic E-state index is 14.0. The summed E-state index contributed by atoms with van der Waals surface area (Å²) in [5, 5.41) is 11.8. The van der Waals surface area contributed by atoms with Gasteiger partial charge >= 0.3 is 12.0 Å². The normalized spacial score (nSPS) is 11.6. The van der Waals surface area contributed by atoms with Gasteiger partial charge in [-0.05, 0) is 49.6 Å². The van der Waals surface area contributed by atoms with E-state index >= 15 is 0 Å². The van der Waals surface area contributed by atoms with Crippen molar-refractivity contribution in [1.82, 2.24) is 4.90 Å². The zero-order valence-corrected chi connectivity index (χ0v) is 20.4. The Balaban J connectivity index is 1.91. The van der Waals surface area contributed by atoms with Gasteiger partial charge in [-0.2, -0.15) is 0 Å². The molecular formula is C26H35FN2O6. The number of carboxylic acid groups (broad SMARTS) is 1. The fraction of sp³-hybridized carbons (Fsp3) is 0.462. The smallest absolute Gasteiger partial charge is 0.333 e. The van der Waals surface area contributed by atoms with Gasteiger partial charge in [0.1, 0.15) is 18.2 Å². The summed E-state index contributed by atoms with van der Waals surface area (Å²) in [6, 6.07) is 12.7. The minimum atomic E-state index is -0.999. The summed E-state index contributed by atoms with van der Waals surface area (Å²) in [7, 11) is 0. The number of nitrogens with one attached hydrogen (secondary N) is 1. The quantitative estimate of drug-likeness (QED) is 0.334. The van der Waals surface area contributed by atoms with Gasteiger partial charge in [-0.1, -0.05) is 31.2 Å². The van der Waals surface area contributed by atoms with Crippen LogP contribution in [0.4, 0.5) is 14.9 Å². The van der Waals surface area contributed by atoms with Crippen molar-refractivity contribution in [3.63, 3.8) is 0 Å². The van der Waals surface area contributed by atoms with Crippen molar-refractivity contribution in [2.45, 2.75) is 39.2 Å². The van der Waals surface area contributed by atoms with Crippen LogP contribution in [0.15, 0.2) is 48.5 Å². The Labute approximate surface area is 206 Å². The molecule has 0 heterocycles. The maximum absolute atomic E-state index is 14.0. The summed E-state index contributed by atoms with van der Waals surface area (Å²) >= 11 is 0. The Morgan fingerprint density at radius 3 is 2.43 bits per heavy atom. The van der Waals surface area contributed by atoms with Gasteiger partial charge in [0.05, 0.1) is 12.2 Å². The number of hydrogen-bond acceptors (Lipinski definition) is 5. The van der Waals surface area contributed by atoms with Crippen molar-refractivity contribution in [3.8, 4) is 5.75 Å². The number of para-hydroxylation sites is 1. The topological polar surface area (TPSA) is 97.3 Å². The summed E-state index contributed by atoms with van der Waals surface area (Å²) in [4.78, 5) is 25.6. The molecule has 9 heteroatoms. The second-order valence-corrected chi connectivity index (χ2v) is 7.84. The molecule has 2 N–H and O–H groups in total. The van der Waals surface area contributed by atoms with Gasteiger partial charge in [0.15, 0.2) is 6.10 Å². The standard InChI is InChI=1S/C26H35FN2O6/c1-3-16-33-17-7-14-29(26(32)28-23-9-6-5-8-22(23)27)15-18-35-21-12-10-20(11-13-21)19-24(25(30)31)34-4-2/h5-6,8-13,24H,3-4,7,14-19H2,1-2H3,(H,28,32)(H,30,31). The number of rotatable bonds is 16. The number of aliphatic carboxylic acids is 1. The first-order valence-corrected chi connectivity index (χ1v) is 11.9. The molecule has 0 bridgehead atoms. The van der Waals surface area contributed by atoms with Crippen LogP contribution in [0.2, 0.25) is 0 Å². The molecule has 1 atom stereocenters. The van der Waals surface area contributed by atoms with Crippen LogP contribution in [0.5, 0.6) is 5.75 Å². The number of carboxylic acids is 1. The van der Waals surface area contributed by atoms with Crippen molar-refractivity contribution in [3.05, 3.63) is 59.9 Å². The number of nitrogens with zero attached hydrogens (tertiary/aromatic N) is 1. The molecule has 0 aromatic heterocycles. The van der Waals surface area contributed by atoms with E-state index in [1.807, 2.05) is 6.92 Å². The third-order valence-electron chi connectivity index (χ3n) is 5.09. The number of urea groups is 1. The lowest BCUT2D eigenvalue weighted by atomic mass is 10.1. The molecule has 2 aromatic carbocycles. The molecule has 35 heavy (non-hydrogen) atoms. The van der Waals surface area contributed by atoms with Crippen LogP contribution < -0.4 is 10.1 Å². The predicted molar refractivity (Wildman–Crippen MR) is 131 cm³/mol. The largest absolute Gasteiger partial charge is 0.492 e. The highest BCUT2D eigenvalue weighted by Gasteiger charge is 2.18. The zero-order chi connectivity index (χ0) is 25.5. The van der Waals surface area contributed by atoms with Crippen LogP contribution >= 0.6 is 0 Å². The van der Waals surface area contributed by atoms with E-state index in [1.165, 1.54) is 12.1 Å². The third kappa shape index (κ3) is 10.3. The lowest BCUT2D eigenvalue weighted by Gasteiger charge is -2.23. The number of amides is 2. The van der Waals surface area contributed by atoms with E-state index in [1.54, 1.807) is 48.2 Å². The molecule has 0 fully saturated rings. The van der Waals surface area contributed by atoms with Crippen LogP contribution in [-0.4, -0.2) is 67.6 Å². The van der Waals surface area contributed by atoms with Gasteiger partial charge in [-0.25, -0.2) is 14.0 Å². The van der Waals surface area contributed by atoms with Gasteiger partial charge in [0.25, 0.3) is 0 Å². The van der Waals surface area contributed by atoms with Crippen LogP contribution in [0.25, 0.3) is 0 Å². The first-order valence-electron chi connectivity index (χ1n) is 11.9. The number of carbonyl (C=O) groups excluding carboxylic acids is 1. The Morgan fingerprint density at radius 2 is 1.77 bits per heavy atom. The van der Waals surface area contributed by atoms with Crippen LogP contribution in [0.3, 0.4) is 0 Å². The number of halogens is 1. The molecule has 2 amide bonds. The van der Waals surface area contributed by atoms with Gasteiger partial charge in [0, 0.05) is 32.8 Å². The Morgan fingerprint density at radius 1 is 1.03 bits per heavy atom. The Hall–Kier alpha value is -3.17. The second-order valence-electron chi connectivity index (χ2n) is 7.84. The summed E-state index contributed by atoms with van der Waals surface area (Å²) < 4.78 is 30.5. The molecule has 0 aliphatic heterocycles. The van der Waals surface area contributed by atoms with E-state index in [-0.39, 0.29) is 18.7 Å². The van der Waals surface area contributed by atoms with E-state index < -0.39 is 23.9 Å². The summed E-state index contributed by atoms with van der Waals surface area (Å²) in [6.07, 6.45) is 0.930. The molecule has 2 rings (SSSR count). The molecule has 0 saturated heterocycles. The Bertz CT molecular complexity index is 909. The fourth-order valence-corrected chi connectivity index (χ4v) is 3.30. The molecule has 1 unspecified atom stereocenters. The van der Waals surface area contributed by atoms with Gasteiger partial charge in [0.2, 0.25) is 0 Å². The van der Waals surface area contributed by atoms with Crippen LogP contribution in [0.1, 0.15) is 32.3 Å². The van der Waals surface area contributed by atoms with Gasteiger partial charge in [-0.15, -0.1) is 0 Å². The van der Waals surface area contributed by atoms with E-state index in [0.717, 1.165) is 12.0 Å². The third-order valence-corrected chi connectivity index (χ3v) is 5.09. The SMILES string of the molecule is CCCOCCCN(CCOc1ccc(CC(OCC)C(=O)O)cc1)C(=O)Nc1ccccc1F. The molecule has 0 radical (unpaired) electrons. The number of benzene rings is 2. The Kier molecular flexibility index (Phi) is 12.6. The summed E-state index contributed by atoms with van der Waals surface area (Å²) in [6.45, 7) is 6.26. The minimum Gasteiger partial charge on any atom is -0.492 e. The zero-order valence-electron chi connectivity index (χ0n) is 20.4. The highest BCUT2D eigenvalue weighted by molar-refractivity contribution is 5.89. The summed E-state index contributed by atoms with van der Waals surface area (Å²) in [5.41, 5.74) is 0.934. The van der Waals surface area contributed by atoms with Crippen molar-refractivity contribution in [1.29, 1.82) is 0 Å². The predicted octanol–water partition coefficient (Wildman–Crippen LogP) is 4.59. The average molecular weight is 491 g/mol. The molecule has 0 aliphatic rings. The van der Waals surface area contributed by atoms with Crippen molar-refractivity contribution >= 4 is 17.7 Å². The van der Waals surface area contributed by atoms with Crippen LogP contribution in [-0.2, 0) is 20.7 Å². The highest BCUT2D eigenvalue weighted by Crippen LogP contribution is 2.16. The molecule has 2 aromatic rings. The molecule has 8 nitrogen and oxygen atoms in total. The molecule has 0 aliphatic carbocycles. The molecule has 0 spiro atoms. The molecular weight excluding hydrogens is 455 g/mol. The number of ether oxygens (including phenoxy) is 3. The monoisotopic (exact) mass is 490 g/mol. The average Bonchev–Trinajstić information content (AvgIpc) is 2.84.